The summed E-state index contributed by atoms with van der Waals surface area (Å²) in [5.74, 6) is 0.124. The Morgan fingerprint density at radius 3 is 2.91 bits per heavy atom. The van der Waals surface area contributed by atoms with E-state index in [0.29, 0.717) is 0 Å². The molecular weight excluding hydrogens is 148 g/mol. The molecule has 0 aliphatic heterocycles. The minimum atomic E-state index is -0.800. The molecule has 0 atom stereocenters. The summed E-state index contributed by atoms with van der Waals surface area (Å²) in [6.07, 6.45) is 3.41. The van der Waals surface area contributed by atoms with E-state index in [9.17, 15) is 4.79 Å². The Morgan fingerprint density at radius 2 is 2.36 bits per heavy atom. The van der Waals surface area contributed by atoms with Gasteiger partial charge in [0, 0.05) is 12.4 Å². The molecule has 0 radical (unpaired) electrons. The van der Waals surface area contributed by atoms with E-state index in [2.05, 4.69) is 19.4 Å². The van der Waals surface area contributed by atoms with Gasteiger partial charge in [0.15, 0.2) is 0 Å². The monoisotopic (exact) mass is 154 g/mol. The third-order valence-corrected chi connectivity index (χ3v) is 0.894. The lowest BCUT2D eigenvalue weighted by atomic mass is 10.7. The Morgan fingerprint density at radius 1 is 1.55 bits per heavy atom. The van der Waals surface area contributed by atoms with Gasteiger partial charge in [0.05, 0.1) is 13.3 Å². The smallest absolute Gasteiger partial charge is 0.437 e. The molecule has 11 heavy (non-hydrogen) atoms. The summed E-state index contributed by atoms with van der Waals surface area (Å²) < 4.78 is 8.75. The minimum absolute atomic E-state index is 0.124. The lowest BCUT2D eigenvalue weighted by Gasteiger charge is -1.98. The maximum Gasteiger partial charge on any atom is 0.514 e. The number of methoxy groups -OCH3 is 1. The third kappa shape index (κ3) is 2.21. The fourth-order valence-electron chi connectivity index (χ4n) is 0.465. The first kappa shape index (κ1) is 7.46. The molecule has 58 valence electrons. The lowest BCUT2D eigenvalue weighted by molar-refractivity contribution is 0.119. The molecule has 0 aromatic carbocycles. The largest absolute Gasteiger partial charge is 0.514 e. The highest BCUT2D eigenvalue weighted by atomic mass is 16.7. The molecule has 0 spiro atoms. The molecule has 0 saturated carbocycles. The van der Waals surface area contributed by atoms with Crippen molar-refractivity contribution in [3.8, 4) is 5.88 Å². The van der Waals surface area contributed by atoms with Gasteiger partial charge in [-0.05, 0) is 0 Å². The zero-order valence-corrected chi connectivity index (χ0v) is 5.85. The highest BCUT2D eigenvalue weighted by Gasteiger charge is 2.02. The van der Waals surface area contributed by atoms with Crippen molar-refractivity contribution in [3.05, 3.63) is 18.6 Å². The predicted molar refractivity (Wildman–Crippen MR) is 35.1 cm³/mol. The highest BCUT2D eigenvalue weighted by molar-refractivity contribution is 5.62. The fourth-order valence-corrected chi connectivity index (χ4v) is 0.465. The molecular formula is C6H6N2O3. The number of aromatic nitrogens is 2. The molecule has 1 aromatic rings. The SMILES string of the molecule is COC(=O)Oc1cnccn1. The molecule has 0 saturated heterocycles. The normalized spacial score (nSPS) is 8.82. The van der Waals surface area contributed by atoms with Crippen molar-refractivity contribution in [3.63, 3.8) is 0 Å². The van der Waals surface area contributed by atoms with Crippen LogP contribution < -0.4 is 4.74 Å². The number of hydrogen-bond donors (Lipinski definition) is 0. The summed E-state index contributed by atoms with van der Waals surface area (Å²) in [6.45, 7) is 0. The van der Waals surface area contributed by atoms with Crippen LogP contribution in [0.3, 0.4) is 0 Å². The van der Waals surface area contributed by atoms with E-state index in [0.717, 1.165) is 0 Å². The van der Waals surface area contributed by atoms with Crippen LogP contribution in [-0.4, -0.2) is 23.2 Å². The van der Waals surface area contributed by atoms with Crippen molar-refractivity contribution in [1.29, 1.82) is 0 Å². The number of rotatable bonds is 1. The van der Waals surface area contributed by atoms with Crippen LogP contribution in [0.25, 0.3) is 0 Å². The van der Waals surface area contributed by atoms with Gasteiger partial charge in [0.25, 0.3) is 0 Å². The van der Waals surface area contributed by atoms with Crippen molar-refractivity contribution in [2.24, 2.45) is 0 Å². The minimum Gasteiger partial charge on any atom is -0.437 e. The van der Waals surface area contributed by atoms with Crippen molar-refractivity contribution in [2.45, 2.75) is 0 Å². The van der Waals surface area contributed by atoms with Crippen LogP contribution in [0.1, 0.15) is 0 Å². The molecule has 5 heteroatoms. The number of carbonyl (C=O) groups excluding carboxylic acids is 1. The fraction of sp³-hybridized carbons (Fsp3) is 0.167. The van der Waals surface area contributed by atoms with E-state index in [1.54, 1.807) is 0 Å². The van der Waals surface area contributed by atoms with Gasteiger partial charge in [0.2, 0.25) is 5.88 Å². The second kappa shape index (κ2) is 3.50. The average Bonchev–Trinajstić information content (AvgIpc) is 2.06. The molecule has 1 heterocycles. The van der Waals surface area contributed by atoms with Crippen LogP contribution >= 0.6 is 0 Å². The van der Waals surface area contributed by atoms with Crippen LogP contribution in [0.4, 0.5) is 4.79 Å². The summed E-state index contributed by atoms with van der Waals surface area (Å²) >= 11 is 0. The van der Waals surface area contributed by atoms with E-state index < -0.39 is 6.16 Å². The van der Waals surface area contributed by atoms with E-state index in [1.165, 1.54) is 25.7 Å². The topological polar surface area (TPSA) is 61.3 Å². The maximum absolute atomic E-state index is 10.5. The van der Waals surface area contributed by atoms with Crippen LogP contribution in [0.5, 0.6) is 5.88 Å². The number of nitrogens with zero attached hydrogens (tertiary/aromatic N) is 2. The summed E-state index contributed by atoms with van der Waals surface area (Å²) in [7, 11) is 1.22. The van der Waals surface area contributed by atoms with Crippen LogP contribution in [0.2, 0.25) is 0 Å². The Bertz CT molecular complexity index is 237. The van der Waals surface area contributed by atoms with Gasteiger partial charge in [-0.2, -0.15) is 0 Å². The quantitative estimate of drug-likeness (QED) is 0.555. The van der Waals surface area contributed by atoms with Gasteiger partial charge in [-0.3, -0.25) is 4.98 Å². The Kier molecular flexibility index (Phi) is 2.37. The molecule has 0 amide bonds. The van der Waals surface area contributed by atoms with E-state index >= 15 is 0 Å². The van der Waals surface area contributed by atoms with Crippen LogP contribution in [-0.2, 0) is 4.74 Å². The van der Waals surface area contributed by atoms with E-state index in [4.69, 9.17) is 0 Å². The molecule has 1 aromatic heterocycles. The van der Waals surface area contributed by atoms with Gasteiger partial charge in [-0.15, -0.1) is 0 Å². The molecule has 0 aliphatic carbocycles. The first-order chi connectivity index (χ1) is 5.33. The van der Waals surface area contributed by atoms with Gasteiger partial charge in [-0.25, -0.2) is 9.78 Å². The predicted octanol–water partition coefficient (Wildman–Crippen LogP) is 0.622. The summed E-state index contributed by atoms with van der Waals surface area (Å²) in [6, 6.07) is 0. The zero-order chi connectivity index (χ0) is 8.10. The van der Waals surface area contributed by atoms with Gasteiger partial charge >= 0.3 is 6.16 Å². The standard InChI is InChI=1S/C6H6N2O3/c1-10-6(9)11-5-4-7-2-3-8-5/h2-4H,1H3. The Labute approximate surface area is 63.0 Å². The number of carbonyl (C=O) groups is 1. The van der Waals surface area contributed by atoms with Crippen LogP contribution in [0.15, 0.2) is 18.6 Å². The van der Waals surface area contributed by atoms with Crippen molar-refractivity contribution >= 4 is 6.16 Å². The van der Waals surface area contributed by atoms with Crippen LogP contribution in [0, 0.1) is 0 Å². The summed E-state index contributed by atoms with van der Waals surface area (Å²) in [4.78, 5) is 17.8. The first-order valence-corrected chi connectivity index (χ1v) is 2.84. The molecule has 0 unspecified atom stereocenters. The Hall–Kier alpha value is -1.65. The third-order valence-electron chi connectivity index (χ3n) is 0.894. The van der Waals surface area contributed by atoms with E-state index in [-0.39, 0.29) is 5.88 Å². The second-order valence-corrected chi connectivity index (χ2v) is 1.60. The average molecular weight is 154 g/mol. The highest BCUT2D eigenvalue weighted by Crippen LogP contribution is 2.00. The van der Waals surface area contributed by atoms with E-state index in [1.807, 2.05) is 0 Å². The Balaban J connectivity index is 2.58. The summed E-state index contributed by atoms with van der Waals surface area (Å²) in [5, 5.41) is 0. The molecule has 0 fully saturated rings. The first-order valence-electron chi connectivity index (χ1n) is 2.84. The zero-order valence-electron chi connectivity index (χ0n) is 5.85. The number of ether oxygens (including phenoxy) is 2. The van der Waals surface area contributed by atoms with Gasteiger partial charge in [0.1, 0.15) is 0 Å². The van der Waals surface area contributed by atoms with Crippen molar-refractivity contribution in [2.75, 3.05) is 7.11 Å². The molecule has 0 N–H and O–H groups in total. The van der Waals surface area contributed by atoms with Gasteiger partial charge < -0.3 is 9.47 Å². The second-order valence-electron chi connectivity index (χ2n) is 1.60. The molecule has 0 bridgehead atoms. The van der Waals surface area contributed by atoms with Crippen molar-refractivity contribution in [1.82, 2.24) is 9.97 Å². The molecule has 1 rings (SSSR count). The maximum atomic E-state index is 10.5. The van der Waals surface area contributed by atoms with Gasteiger partial charge in [-0.1, -0.05) is 0 Å². The van der Waals surface area contributed by atoms with Crippen molar-refractivity contribution < 1.29 is 14.3 Å². The molecule has 5 nitrogen and oxygen atoms in total. The lowest BCUT2D eigenvalue weighted by Crippen LogP contribution is -2.08. The molecule has 0 aliphatic rings. The summed E-state index contributed by atoms with van der Waals surface area (Å²) in [5.41, 5.74) is 0. The number of hydrogen-bond acceptors (Lipinski definition) is 5.